The van der Waals surface area contributed by atoms with Crippen LogP contribution in [0.4, 0.5) is 0 Å². The summed E-state index contributed by atoms with van der Waals surface area (Å²) in [5, 5.41) is -0.0881. The Morgan fingerprint density at radius 2 is 1.10 bits per heavy atom. The SMILES string of the molecule is CC.CC(C)(C)C(C)(C)C.CC(C)NS(=O)(=O)C1CC1.CC(C)OCC(C)(C)/C=C/C(C)(C)C.CC(C)c1cccc(C(C)C)c1.CCC(C)C. The van der Waals surface area contributed by atoms with E-state index in [-0.39, 0.29) is 22.1 Å². The van der Waals surface area contributed by atoms with Crippen LogP contribution in [0.1, 0.15) is 208 Å². The first-order chi connectivity index (χ1) is 22.8. The second kappa shape index (κ2) is 26.6. The molecule has 1 aliphatic carbocycles. The minimum absolute atomic E-state index is 0.0330. The predicted molar refractivity (Wildman–Crippen MR) is 234 cm³/mol. The van der Waals surface area contributed by atoms with Crippen molar-refractivity contribution < 1.29 is 13.2 Å². The van der Waals surface area contributed by atoms with Gasteiger partial charge in [-0.2, -0.15) is 0 Å². The molecule has 0 aliphatic heterocycles. The molecule has 0 bridgehead atoms. The van der Waals surface area contributed by atoms with E-state index in [4.69, 9.17) is 4.74 Å². The van der Waals surface area contributed by atoms with E-state index in [9.17, 15) is 8.42 Å². The van der Waals surface area contributed by atoms with Crippen LogP contribution in [-0.2, 0) is 14.8 Å². The van der Waals surface area contributed by atoms with E-state index >= 15 is 0 Å². The molecule has 5 heteroatoms. The largest absolute Gasteiger partial charge is 0.378 e. The molecule has 0 radical (unpaired) electrons. The van der Waals surface area contributed by atoms with Crippen LogP contribution < -0.4 is 4.72 Å². The van der Waals surface area contributed by atoms with Gasteiger partial charge in [-0.15, -0.1) is 0 Å². The smallest absolute Gasteiger partial charge is 0.214 e. The fourth-order valence-electron chi connectivity index (χ4n) is 2.99. The van der Waals surface area contributed by atoms with Crippen molar-refractivity contribution in [3.05, 3.63) is 47.5 Å². The van der Waals surface area contributed by atoms with Gasteiger partial charge in [0, 0.05) is 11.5 Å². The highest BCUT2D eigenvalue weighted by Crippen LogP contribution is 2.36. The van der Waals surface area contributed by atoms with Gasteiger partial charge in [0.05, 0.1) is 18.0 Å². The topological polar surface area (TPSA) is 55.4 Å². The van der Waals surface area contributed by atoms with Gasteiger partial charge >= 0.3 is 0 Å². The zero-order chi connectivity index (χ0) is 41.6. The van der Waals surface area contributed by atoms with Crippen LogP contribution in [0.25, 0.3) is 0 Å². The molecule has 0 spiro atoms. The van der Waals surface area contributed by atoms with Gasteiger partial charge in [0.1, 0.15) is 0 Å². The Labute approximate surface area is 323 Å². The number of nitrogens with one attached hydrogen (secondary N) is 1. The Balaban J connectivity index is -0.000000276. The summed E-state index contributed by atoms with van der Waals surface area (Å²) < 4.78 is 30.4. The lowest BCUT2D eigenvalue weighted by Crippen LogP contribution is -2.32. The van der Waals surface area contributed by atoms with Gasteiger partial charge in [-0.25, -0.2) is 13.1 Å². The van der Waals surface area contributed by atoms with Crippen LogP contribution in [0.5, 0.6) is 0 Å². The van der Waals surface area contributed by atoms with Crippen molar-refractivity contribution in [1.82, 2.24) is 4.72 Å². The van der Waals surface area contributed by atoms with Crippen molar-refractivity contribution in [1.29, 1.82) is 0 Å². The molecule has 1 aromatic rings. The van der Waals surface area contributed by atoms with Crippen LogP contribution in [0.15, 0.2) is 36.4 Å². The molecule has 0 unspecified atom stereocenters. The maximum absolute atomic E-state index is 11.1. The number of hydrogen-bond acceptors (Lipinski definition) is 3. The van der Waals surface area contributed by atoms with Gasteiger partial charge in [0.15, 0.2) is 0 Å². The van der Waals surface area contributed by atoms with E-state index in [2.05, 4.69) is 180 Å². The summed E-state index contributed by atoms with van der Waals surface area (Å²) in [6.45, 7) is 52.9. The lowest BCUT2D eigenvalue weighted by atomic mass is 9.71. The first-order valence-electron chi connectivity index (χ1n) is 20.2. The lowest BCUT2D eigenvalue weighted by Gasteiger charge is -2.34. The molecule has 1 fully saturated rings. The molecule has 1 aliphatic rings. The summed E-state index contributed by atoms with van der Waals surface area (Å²) in [7, 11) is -2.94. The number of ether oxygens (including phenoxy) is 1. The average Bonchev–Trinajstić information content (AvgIpc) is 3.83. The average molecular weight is 740 g/mol. The number of benzene rings is 1. The number of hydrogen-bond donors (Lipinski definition) is 1. The highest BCUT2D eigenvalue weighted by molar-refractivity contribution is 7.90. The standard InChI is InChI=1S/C13H26O.C12H18.C8H18.C6H13NO2S.C5H12.C2H6/c1-11(2)14-10-13(6,7)9-8-12(3,4)5;1-9(2)11-6-5-7-12(8-11)10(3)4;1-7(2,3)8(4,5)6;1-5(2)7-10(8,9)6-3-4-6;1-4-5(2)3;1-2/h8-9,11H,10H2,1-7H3;5-10H,1-4H3;1-6H3;5-7H,3-4H2,1-2H3;5H,4H2,1-3H3;1-2H3/b9-8+;;;;;. The normalized spacial score (nSPS) is 13.7. The van der Waals surface area contributed by atoms with E-state index < -0.39 is 10.0 Å². The van der Waals surface area contributed by atoms with Crippen LogP contribution in [0.2, 0.25) is 0 Å². The number of sulfonamides is 1. The summed E-state index contributed by atoms with van der Waals surface area (Å²) in [5.74, 6) is 2.17. The van der Waals surface area contributed by atoms with E-state index in [0.717, 1.165) is 25.4 Å². The van der Waals surface area contributed by atoms with Gasteiger partial charge in [-0.05, 0) is 85.7 Å². The highest BCUT2D eigenvalue weighted by atomic mass is 32.2. The molecule has 0 amide bonds. The van der Waals surface area contributed by atoms with Crippen molar-refractivity contribution >= 4 is 10.0 Å². The molecule has 0 atom stereocenters. The first kappa shape index (κ1) is 56.6. The Bertz CT molecular complexity index is 1070. The molecule has 51 heavy (non-hydrogen) atoms. The van der Waals surface area contributed by atoms with Gasteiger partial charge in [0.25, 0.3) is 0 Å². The Kier molecular flexibility index (Phi) is 29.5. The van der Waals surface area contributed by atoms with E-state index in [1.807, 2.05) is 27.7 Å². The van der Waals surface area contributed by atoms with Gasteiger partial charge in [-0.3, -0.25) is 0 Å². The highest BCUT2D eigenvalue weighted by Gasteiger charge is 2.35. The fourth-order valence-corrected chi connectivity index (χ4v) is 4.59. The third-order valence-corrected chi connectivity index (χ3v) is 10.6. The van der Waals surface area contributed by atoms with Gasteiger partial charge < -0.3 is 4.74 Å². The molecular formula is C46H93NO3S. The van der Waals surface area contributed by atoms with Crippen LogP contribution in [0, 0.1) is 27.6 Å². The number of allylic oxidation sites excluding steroid dienone is 1. The monoisotopic (exact) mass is 740 g/mol. The zero-order valence-electron chi connectivity index (χ0n) is 38.9. The molecule has 2 rings (SSSR count). The summed E-state index contributed by atoms with van der Waals surface area (Å²) in [4.78, 5) is 0. The van der Waals surface area contributed by atoms with Crippen molar-refractivity contribution in [2.45, 2.75) is 215 Å². The Hall–Kier alpha value is -1.17. The van der Waals surface area contributed by atoms with E-state index in [1.54, 1.807) is 0 Å². The second-order valence-corrected chi connectivity index (χ2v) is 21.3. The Morgan fingerprint density at radius 3 is 1.33 bits per heavy atom. The van der Waals surface area contributed by atoms with Gasteiger partial charge in [0.2, 0.25) is 10.0 Å². The summed E-state index contributed by atoms with van der Waals surface area (Å²) >= 11 is 0. The minimum atomic E-state index is -2.94. The summed E-state index contributed by atoms with van der Waals surface area (Å²) in [6.07, 6.45) is 7.81. The molecule has 0 saturated heterocycles. The van der Waals surface area contributed by atoms with Crippen LogP contribution in [0.3, 0.4) is 0 Å². The zero-order valence-corrected chi connectivity index (χ0v) is 39.7. The van der Waals surface area contributed by atoms with Crippen molar-refractivity contribution in [2.75, 3.05) is 6.61 Å². The van der Waals surface area contributed by atoms with Crippen molar-refractivity contribution in [3.8, 4) is 0 Å². The molecule has 1 saturated carbocycles. The maximum atomic E-state index is 11.1. The third-order valence-electron chi connectivity index (χ3n) is 8.50. The Morgan fingerprint density at radius 1 is 0.725 bits per heavy atom. The van der Waals surface area contributed by atoms with Crippen LogP contribution in [-0.4, -0.2) is 32.4 Å². The number of rotatable bonds is 10. The van der Waals surface area contributed by atoms with Crippen molar-refractivity contribution in [2.24, 2.45) is 27.6 Å². The lowest BCUT2D eigenvalue weighted by molar-refractivity contribution is 0.0379. The maximum Gasteiger partial charge on any atom is 0.214 e. The van der Waals surface area contributed by atoms with Crippen molar-refractivity contribution in [3.63, 3.8) is 0 Å². The quantitative estimate of drug-likeness (QED) is 0.243. The predicted octanol–water partition coefficient (Wildman–Crippen LogP) is 14.6. The molecule has 306 valence electrons. The van der Waals surface area contributed by atoms with Crippen LogP contribution >= 0.6 is 0 Å². The first-order valence-corrected chi connectivity index (χ1v) is 21.8. The van der Waals surface area contributed by atoms with Gasteiger partial charge in [-0.1, -0.05) is 181 Å². The van der Waals surface area contributed by atoms with E-state index in [1.165, 1.54) is 17.5 Å². The minimum Gasteiger partial charge on any atom is -0.378 e. The van der Waals surface area contributed by atoms with E-state index in [0.29, 0.717) is 28.8 Å². The molecule has 0 heterocycles. The third kappa shape index (κ3) is 35.6. The second-order valence-electron chi connectivity index (χ2n) is 19.3. The fraction of sp³-hybridized carbons (Fsp3) is 0.826. The summed E-state index contributed by atoms with van der Waals surface area (Å²) in [5.41, 5.74) is 4.16. The molecule has 1 aromatic carbocycles. The molecule has 1 N–H and O–H groups in total. The molecule has 4 nitrogen and oxygen atoms in total. The molecular weight excluding hydrogens is 647 g/mol. The summed E-state index contributed by atoms with van der Waals surface area (Å²) in [6, 6.07) is 8.91. The molecule has 0 aromatic heterocycles.